The van der Waals surface area contributed by atoms with E-state index in [9.17, 15) is 15.3 Å². The van der Waals surface area contributed by atoms with Crippen LogP contribution in [-0.2, 0) is 4.74 Å². The maximum absolute atomic E-state index is 9.91. The molecule has 1 aliphatic heterocycles. The Morgan fingerprint density at radius 3 is 2.33 bits per heavy atom. The van der Waals surface area contributed by atoms with Crippen LogP contribution in [0.4, 0.5) is 5.69 Å². The number of aliphatic hydroxyl groups excluding tert-OH is 4. The van der Waals surface area contributed by atoms with Gasteiger partial charge in [0.25, 0.3) is 0 Å². The van der Waals surface area contributed by atoms with Crippen LogP contribution in [-0.4, -0.2) is 57.7 Å². The minimum atomic E-state index is -1.30. The SMILES string of the molecule is OC[C@H]1OC(O)[C@H](Nc2ccccc2)[C@@H](O)[C@@H]1O. The lowest BCUT2D eigenvalue weighted by Gasteiger charge is -2.40. The van der Waals surface area contributed by atoms with Gasteiger partial charge in [-0.1, -0.05) is 18.2 Å². The van der Waals surface area contributed by atoms with Gasteiger partial charge in [0.1, 0.15) is 24.4 Å². The number of aliphatic hydroxyl groups is 4. The monoisotopic (exact) mass is 255 g/mol. The molecule has 5 N–H and O–H groups in total. The van der Waals surface area contributed by atoms with Crippen LogP contribution in [0.25, 0.3) is 0 Å². The Bertz CT molecular complexity index is 374. The van der Waals surface area contributed by atoms with Crippen LogP contribution in [0.3, 0.4) is 0 Å². The van der Waals surface area contributed by atoms with Crippen LogP contribution in [0.5, 0.6) is 0 Å². The molecule has 0 bridgehead atoms. The summed E-state index contributed by atoms with van der Waals surface area (Å²) >= 11 is 0. The van der Waals surface area contributed by atoms with Crippen molar-refractivity contribution in [3.8, 4) is 0 Å². The summed E-state index contributed by atoms with van der Waals surface area (Å²) in [5.74, 6) is 0. The first-order valence-electron chi connectivity index (χ1n) is 5.75. The van der Waals surface area contributed by atoms with Gasteiger partial charge >= 0.3 is 0 Å². The van der Waals surface area contributed by atoms with E-state index in [1.165, 1.54) is 0 Å². The largest absolute Gasteiger partial charge is 0.394 e. The Labute approximate surface area is 104 Å². The van der Waals surface area contributed by atoms with E-state index in [1.54, 1.807) is 24.3 Å². The Morgan fingerprint density at radius 1 is 1.06 bits per heavy atom. The average molecular weight is 255 g/mol. The summed E-state index contributed by atoms with van der Waals surface area (Å²) in [6, 6.07) is 8.13. The van der Waals surface area contributed by atoms with Gasteiger partial charge in [-0.25, -0.2) is 0 Å². The smallest absolute Gasteiger partial charge is 0.178 e. The van der Waals surface area contributed by atoms with Gasteiger partial charge in [-0.3, -0.25) is 0 Å². The molecule has 6 heteroatoms. The molecule has 6 nitrogen and oxygen atoms in total. The highest BCUT2D eigenvalue weighted by Gasteiger charge is 2.43. The quantitative estimate of drug-likeness (QED) is 0.470. The number of benzene rings is 1. The second-order valence-electron chi connectivity index (χ2n) is 4.27. The molecular formula is C12H17NO5. The van der Waals surface area contributed by atoms with E-state index in [1.807, 2.05) is 6.07 Å². The molecule has 1 heterocycles. The van der Waals surface area contributed by atoms with Gasteiger partial charge in [0.15, 0.2) is 6.29 Å². The number of anilines is 1. The topological polar surface area (TPSA) is 102 Å². The molecule has 0 aromatic heterocycles. The Morgan fingerprint density at radius 2 is 1.72 bits per heavy atom. The van der Waals surface area contributed by atoms with Crippen molar-refractivity contribution in [2.45, 2.75) is 30.6 Å². The number of ether oxygens (including phenoxy) is 1. The van der Waals surface area contributed by atoms with Gasteiger partial charge in [-0.05, 0) is 12.1 Å². The van der Waals surface area contributed by atoms with Crippen LogP contribution in [0.2, 0.25) is 0 Å². The number of rotatable bonds is 3. The second-order valence-corrected chi connectivity index (χ2v) is 4.27. The zero-order valence-electron chi connectivity index (χ0n) is 9.68. The van der Waals surface area contributed by atoms with Crippen molar-refractivity contribution in [2.75, 3.05) is 11.9 Å². The van der Waals surface area contributed by atoms with Crippen LogP contribution in [0, 0.1) is 0 Å². The molecule has 18 heavy (non-hydrogen) atoms. The van der Waals surface area contributed by atoms with Crippen molar-refractivity contribution in [1.29, 1.82) is 0 Å². The molecule has 1 unspecified atom stereocenters. The van der Waals surface area contributed by atoms with Crippen LogP contribution in [0.15, 0.2) is 30.3 Å². The maximum Gasteiger partial charge on any atom is 0.178 e. The average Bonchev–Trinajstić information content (AvgIpc) is 2.40. The first-order chi connectivity index (χ1) is 8.63. The third-order valence-corrected chi connectivity index (χ3v) is 3.01. The summed E-state index contributed by atoms with van der Waals surface area (Å²) in [6.45, 7) is -0.465. The van der Waals surface area contributed by atoms with Crippen molar-refractivity contribution < 1.29 is 25.2 Å². The third-order valence-electron chi connectivity index (χ3n) is 3.01. The second kappa shape index (κ2) is 5.64. The zero-order valence-corrected chi connectivity index (χ0v) is 9.68. The van der Waals surface area contributed by atoms with E-state index in [0.29, 0.717) is 5.69 Å². The molecule has 1 aliphatic rings. The molecule has 0 saturated carbocycles. The summed E-state index contributed by atoms with van der Waals surface area (Å²) in [5.41, 5.74) is 0.693. The molecule has 1 fully saturated rings. The lowest BCUT2D eigenvalue weighted by atomic mass is 9.97. The lowest BCUT2D eigenvalue weighted by molar-refractivity contribution is -0.245. The summed E-state index contributed by atoms with van der Waals surface area (Å²) in [5, 5.41) is 41.2. The molecule has 5 atom stereocenters. The molecule has 1 aromatic rings. The zero-order chi connectivity index (χ0) is 13.1. The Hall–Kier alpha value is -1.18. The van der Waals surface area contributed by atoms with Crippen molar-refractivity contribution in [2.24, 2.45) is 0 Å². The fraction of sp³-hybridized carbons (Fsp3) is 0.500. The summed E-state index contributed by atoms with van der Waals surface area (Å²) < 4.78 is 5.04. The molecule has 100 valence electrons. The fourth-order valence-corrected chi connectivity index (χ4v) is 1.98. The number of nitrogens with one attached hydrogen (secondary N) is 1. The highest BCUT2D eigenvalue weighted by atomic mass is 16.6. The van der Waals surface area contributed by atoms with E-state index in [4.69, 9.17) is 9.84 Å². The summed E-state index contributed by atoms with van der Waals surface area (Å²) in [7, 11) is 0. The van der Waals surface area contributed by atoms with Crippen LogP contribution < -0.4 is 5.32 Å². The predicted molar refractivity (Wildman–Crippen MR) is 63.8 cm³/mol. The van der Waals surface area contributed by atoms with Crippen molar-refractivity contribution >= 4 is 5.69 Å². The summed E-state index contributed by atoms with van der Waals surface area (Å²) in [4.78, 5) is 0. The maximum atomic E-state index is 9.91. The number of hydrogen-bond acceptors (Lipinski definition) is 6. The van der Waals surface area contributed by atoms with Gasteiger partial charge in [0, 0.05) is 5.69 Å². The standard InChI is InChI=1S/C12H17NO5/c14-6-8-10(15)11(16)9(12(17)18-8)13-7-4-2-1-3-5-7/h1-5,8-17H,6H2/t8-,9-,10-,11-,12?/m1/s1. The van der Waals surface area contributed by atoms with Gasteiger partial charge in [-0.2, -0.15) is 0 Å². The molecule has 0 aliphatic carbocycles. The fourth-order valence-electron chi connectivity index (χ4n) is 1.98. The number of hydrogen-bond donors (Lipinski definition) is 5. The minimum Gasteiger partial charge on any atom is -0.394 e. The summed E-state index contributed by atoms with van der Waals surface area (Å²) in [6.07, 6.45) is -4.77. The minimum absolute atomic E-state index is 0.465. The first kappa shape index (κ1) is 13.3. The molecule has 2 rings (SSSR count). The van der Waals surface area contributed by atoms with E-state index in [2.05, 4.69) is 5.32 Å². The van der Waals surface area contributed by atoms with E-state index >= 15 is 0 Å². The van der Waals surface area contributed by atoms with Crippen molar-refractivity contribution in [3.05, 3.63) is 30.3 Å². The third kappa shape index (κ3) is 2.63. The van der Waals surface area contributed by atoms with Gasteiger partial charge < -0.3 is 30.5 Å². The van der Waals surface area contributed by atoms with Gasteiger partial charge in [-0.15, -0.1) is 0 Å². The highest BCUT2D eigenvalue weighted by Crippen LogP contribution is 2.22. The molecule has 0 radical (unpaired) electrons. The van der Waals surface area contributed by atoms with E-state index < -0.39 is 37.3 Å². The van der Waals surface area contributed by atoms with E-state index in [0.717, 1.165) is 0 Å². The van der Waals surface area contributed by atoms with Crippen LogP contribution in [0.1, 0.15) is 0 Å². The van der Waals surface area contributed by atoms with Crippen molar-refractivity contribution in [3.63, 3.8) is 0 Å². The molecule has 0 spiro atoms. The molecule has 0 amide bonds. The molecular weight excluding hydrogens is 238 g/mol. The van der Waals surface area contributed by atoms with Crippen molar-refractivity contribution in [1.82, 2.24) is 0 Å². The predicted octanol–water partition coefficient (Wildman–Crippen LogP) is -1.10. The van der Waals surface area contributed by atoms with E-state index in [-0.39, 0.29) is 0 Å². The molecule has 1 aromatic carbocycles. The molecule has 1 saturated heterocycles. The number of para-hydroxylation sites is 1. The van der Waals surface area contributed by atoms with Crippen LogP contribution >= 0.6 is 0 Å². The van der Waals surface area contributed by atoms with Gasteiger partial charge in [0.2, 0.25) is 0 Å². The highest BCUT2D eigenvalue weighted by molar-refractivity contribution is 5.44. The lowest BCUT2D eigenvalue weighted by Crippen LogP contribution is -2.61. The Kier molecular flexibility index (Phi) is 4.15. The Balaban J connectivity index is 2.08. The first-order valence-corrected chi connectivity index (χ1v) is 5.75. The normalized spacial score (nSPS) is 36.3. The van der Waals surface area contributed by atoms with Gasteiger partial charge in [0.05, 0.1) is 6.61 Å².